The number of phenols is 1. The Morgan fingerprint density at radius 1 is 0.974 bits per heavy atom. The van der Waals surface area contributed by atoms with Gasteiger partial charge in [-0.15, -0.1) is 0 Å². The van der Waals surface area contributed by atoms with Gasteiger partial charge in [-0.2, -0.15) is 5.06 Å². The molecular formula is C30H26N2O7. The molecule has 7 rings (SSSR count). The first-order valence-corrected chi connectivity index (χ1v) is 13.1. The van der Waals surface area contributed by atoms with Gasteiger partial charge in [0.05, 0.1) is 35.1 Å². The molecule has 198 valence electrons. The van der Waals surface area contributed by atoms with Crippen LogP contribution in [0.15, 0.2) is 72.0 Å². The normalized spacial score (nSPS) is 33.1. The summed E-state index contributed by atoms with van der Waals surface area (Å²) in [7, 11) is 0. The number of anilines is 1. The van der Waals surface area contributed by atoms with Crippen molar-refractivity contribution in [3.05, 3.63) is 77.6 Å². The summed E-state index contributed by atoms with van der Waals surface area (Å²) in [6.07, 6.45) is 4.38. The van der Waals surface area contributed by atoms with Crippen LogP contribution < -0.4 is 9.64 Å². The third-order valence-corrected chi connectivity index (χ3v) is 9.41. The SMILES string of the molecule is C[C@@]12C(=O)N(c3ccccc3)C(=O)[C@@H]1C[C@@H]1C(=CC[C@@H]3C(=O)N(O)C(=O)[C@@H]31)[C@@H]2C1=COc2ccc(O)cc2C1. The van der Waals surface area contributed by atoms with E-state index in [1.54, 1.807) is 42.7 Å². The fraction of sp³-hybridized carbons (Fsp3) is 0.333. The zero-order valence-electron chi connectivity index (χ0n) is 21.1. The Balaban J connectivity index is 1.39. The third-order valence-electron chi connectivity index (χ3n) is 9.41. The van der Waals surface area contributed by atoms with E-state index in [0.29, 0.717) is 17.9 Å². The van der Waals surface area contributed by atoms with Crippen LogP contribution in [0.5, 0.6) is 11.5 Å². The van der Waals surface area contributed by atoms with Gasteiger partial charge in [0.1, 0.15) is 11.5 Å². The van der Waals surface area contributed by atoms with E-state index >= 15 is 0 Å². The highest BCUT2D eigenvalue weighted by Gasteiger charge is 2.68. The van der Waals surface area contributed by atoms with Gasteiger partial charge in [0.15, 0.2) is 0 Å². The van der Waals surface area contributed by atoms with Crippen molar-refractivity contribution in [1.82, 2.24) is 5.06 Å². The van der Waals surface area contributed by atoms with Gasteiger partial charge in [-0.3, -0.25) is 24.4 Å². The molecule has 3 aliphatic heterocycles. The topological polar surface area (TPSA) is 124 Å². The molecule has 0 unspecified atom stereocenters. The maximum Gasteiger partial charge on any atom is 0.257 e. The monoisotopic (exact) mass is 526 g/mol. The van der Waals surface area contributed by atoms with Gasteiger partial charge < -0.3 is 9.84 Å². The Morgan fingerprint density at radius 3 is 2.51 bits per heavy atom. The number of phenolic OH excluding ortho intramolecular Hbond substituents is 1. The Morgan fingerprint density at radius 2 is 1.74 bits per heavy atom. The number of hydrogen-bond donors (Lipinski definition) is 2. The van der Waals surface area contributed by atoms with Crippen LogP contribution in [0.1, 0.15) is 25.3 Å². The largest absolute Gasteiger partial charge is 0.508 e. The number of benzene rings is 2. The molecule has 0 spiro atoms. The molecule has 2 aliphatic carbocycles. The first kappa shape index (κ1) is 23.8. The van der Waals surface area contributed by atoms with Gasteiger partial charge in [-0.1, -0.05) is 29.8 Å². The van der Waals surface area contributed by atoms with Gasteiger partial charge in [0, 0.05) is 17.9 Å². The second kappa shape index (κ2) is 8.13. The molecule has 5 aliphatic rings. The molecule has 3 fully saturated rings. The van der Waals surface area contributed by atoms with E-state index in [0.717, 1.165) is 16.7 Å². The Labute approximate surface area is 223 Å². The molecule has 0 radical (unpaired) electrons. The quantitative estimate of drug-likeness (QED) is 0.349. The average Bonchev–Trinajstić information content (AvgIpc) is 3.28. The lowest BCUT2D eigenvalue weighted by atomic mass is 9.51. The number of hydroxylamine groups is 2. The predicted octanol–water partition coefficient (Wildman–Crippen LogP) is 3.36. The number of fused-ring (bicyclic) bond motifs is 5. The first-order valence-electron chi connectivity index (χ1n) is 13.1. The second-order valence-electron chi connectivity index (χ2n) is 11.3. The summed E-state index contributed by atoms with van der Waals surface area (Å²) in [5.74, 6) is -4.62. The first-order chi connectivity index (χ1) is 18.7. The fourth-order valence-corrected chi connectivity index (χ4v) is 7.65. The lowest BCUT2D eigenvalue weighted by Gasteiger charge is -2.49. The van der Waals surface area contributed by atoms with Crippen LogP contribution in [0.25, 0.3) is 0 Å². The van der Waals surface area contributed by atoms with Crippen molar-refractivity contribution in [3.8, 4) is 11.5 Å². The van der Waals surface area contributed by atoms with Crippen molar-refractivity contribution in [2.45, 2.75) is 26.2 Å². The lowest BCUT2D eigenvalue weighted by molar-refractivity contribution is -0.173. The number of aromatic hydroxyl groups is 1. The summed E-state index contributed by atoms with van der Waals surface area (Å²) >= 11 is 0. The van der Waals surface area contributed by atoms with Crippen molar-refractivity contribution in [2.24, 2.45) is 35.0 Å². The molecule has 9 nitrogen and oxygen atoms in total. The summed E-state index contributed by atoms with van der Waals surface area (Å²) in [6.45, 7) is 1.81. The zero-order chi connectivity index (χ0) is 27.2. The Kier molecular flexibility index (Phi) is 4.97. The molecule has 3 heterocycles. The van der Waals surface area contributed by atoms with Crippen molar-refractivity contribution in [2.75, 3.05) is 4.90 Å². The highest BCUT2D eigenvalue weighted by atomic mass is 16.5. The molecule has 0 bridgehead atoms. The number of hydrogen-bond acceptors (Lipinski definition) is 7. The highest BCUT2D eigenvalue weighted by Crippen LogP contribution is 2.62. The van der Waals surface area contributed by atoms with Crippen molar-refractivity contribution >= 4 is 29.3 Å². The number of amides is 4. The zero-order valence-corrected chi connectivity index (χ0v) is 21.1. The van der Waals surface area contributed by atoms with Crippen molar-refractivity contribution < 1.29 is 34.2 Å². The molecule has 2 aromatic rings. The van der Waals surface area contributed by atoms with E-state index in [1.807, 2.05) is 19.1 Å². The molecule has 0 aromatic heterocycles. The minimum atomic E-state index is -1.17. The third kappa shape index (κ3) is 3.10. The molecule has 2 N–H and O–H groups in total. The number of rotatable bonds is 2. The van der Waals surface area contributed by atoms with Gasteiger partial charge >= 0.3 is 0 Å². The number of allylic oxidation sites excluding steroid dienone is 3. The van der Waals surface area contributed by atoms with Gasteiger partial charge in [-0.25, -0.2) is 4.90 Å². The Hall–Kier alpha value is -4.24. The maximum absolute atomic E-state index is 14.3. The lowest BCUT2D eigenvalue weighted by Crippen LogP contribution is -2.51. The van der Waals surface area contributed by atoms with Gasteiger partial charge in [-0.05, 0) is 61.6 Å². The molecule has 2 aromatic carbocycles. The summed E-state index contributed by atoms with van der Waals surface area (Å²) in [6, 6.07) is 13.6. The van der Waals surface area contributed by atoms with E-state index in [1.165, 1.54) is 11.0 Å². The average molecular weight is 527 g/mol. The van der Waals surface area contributed by atoms with E-state index in [4.69, 9.17) is 4.74 Å². The summed E-state index contributed by atoms with van der Waals surface area (Å²) in [4.78, 5) is 55.3. The summed E-state index contributed by atoms with van der Waals surface area (Å²) in [5, 5.41) is 20.5. The smallest absolute Gasteiger partial charge is 0.257 e. The molecule has 9 heteroatoms. The van der Waals surface area contributed by atoms with Gasteiger partial charge in [0.25, 0.3) is 11.8 Å². The van der Waals surface area contributed by atoms with Crippen LogP contribution in [0.2, 0.25) is 0 Å². The van der Waals surface area contributed by atoms with Crippen molar-refractivity contribution in [1.29, 1.82) is 0 Å². The van der Waals surface area contributed by atoms with Crippen LogP contribution in [0.4, 0.5) is 5.69 Å². The predicted molar refractivity (Wildman–Crippen MR) is 136 cm³/mol. The minimum Gasteiger partial charge on any atom is -0.508 e. The molecular weight excluding hydrogens is 500 g/mol. The van der Waals surface area contributed by atoms with Crippen molar-refractivity contribution in [3.63, 3.8) is 0 Å². The van der Waals surface area contributed by atoms with Gasteiger partial charge in [0.2, 0.25) is 11.8 Å². The van der Waals surface area contributed by atoms with Crippen LogP contribution in [-0.2, 0) is 25.6 Å². The van der Waals surface area contributed by atoms with E-state index in [2.05, 4.69) is 0 Å². The van der Waals surface area contributed by atoms with E-state index < -0.39 is 46.8 Å². The summed E-state index contributed by atoms with van der Waals surface area (Å²) in [5.41, 5.74) is 1.63. The number of imide groups is 2. The van der Waals surface area contributed by atoms with Crippen LogP contribution in [0, 0.1) is 35.0 Å². The van der Waals surface area contributed by atoms with E-state index in [-0.39, 0.29) is 35.5 Å². The molecule has 2 saturated heterocycles. The number of para-hydroxylation sites is 1. The Bertz CT molecular complexity index is 1530. The number of carbonyl (C=O) groups excluding carboxylic acids is 4. The number of nitrogens with zero attached hydrogens (tertiary/aromatic N) is 2. The maximum atomic E-state index is 14.3. The standard InChI is InChI=1S/C30H26N2O7/c1-30-22(27(35)31(29(30)37)17-5-3-2-4-6-17)13-21-19(8-9-20-24(21)28(36)32(38)26(20)34)25(30)16-11-15-12-18(33)7-10-23(15)39-14-16/h2-8,10,12,14,20-22,24-25,33,38H,9,11,13H2,1H3/t20-,21+,22-,24-,25-,30+/m0/s1. The number of carbonyl (C=O) groups is 4. The number of ether oxygens (including phenoxy) is 1. The summed E-state index contributed by atoms with van der Waals surface area (Å²) < 4.78 is 5.95. The minimum absolute atomic E-state index is 0.0874. The highest BCUT2D eigenvalue weighted by molar-refractivity contribution is 6.24. The molecule has 39 heavy (non-hydrogen) atoms. The molecule has 4 amide bonds. The molecule has 1 saturated carbocycles. The molecule has 6 atom stereocenters. The van der Waals surface area contributed by atoms with E-state index in [9.17, 15) is 29.5 Å². The van der Waals surface area contributed by atoms with Crippen LogP contribution >= 0.6 is 0 Å². The van der Waals surface area contributed by atoms with Crippen LogP contribution in [0.3, 0.4) is 0 Å². The van der Waals surface area contributed by atoms with Crippen LogP contribution in [-0.4, -0.2) is 39.0 Å². The fourth-order valence-electron chi connectivity index (χ4n) is 7.65. The second-order valence-corrected chi connectivity index (χ2v) is 11.3.